The van der Waals surface area contributed by atoms with Gasteiger partial charge < -0.3 is 15.7 Å². The molecule has 37 heavy (non-hydrogen) atoms. The second-order valence-electron chi connectivity index (χ2n) is 9.16. The van der Waals surface area contributed by atoms with Gasteiger partial charge in [-0.15, -0.1) is 0 Å². The molecule has 0 aliphatic carbocycles. The monoisotopic (exact) mass is 571 g/mol. The van der Waals surface area contributed by atoms with Gasteiger partial charge >= 0.3 is 0 Å². The number of aliphatic hydroxyl groups is 1. The predicted octanol–water partition coefficient (Wildman–Crippen LogP) is 3.38. The number of carbonyl (C=O) groups is 2. The maximum atomic E-state index is 13.2. The molecule has 1 heterocycles. The highest BCUT2D eigenvalue weighted by atomic mass is 35.5. The van der Waals surface area contributed by atoms with Crippen molar-refractivity contribution in [1.29, 1.82) is 0 Å². The Morgan fingerprint density at radius 2 is 1.92 bits per heavy atom. The summed E-state index contributed by atoms with van der Waals surface area (Å²) >= 11 is 5.82. The van der Waals surface area contributed by atoms with E-state index in [4.69, 9.17) is 11.6 Å². The quantitative estimate of drug-likeness (QED) is 0.308. The maximum absolute atomic E-state index is 13.2. The first-order chi connectivity index (χ1) is 17.5. The number of rotatable bonds is 11. The molecular formula is C25H31ClFN3O5S2. The number of benzene rings is 2. The standard InChI is InChI=1S/C25H31ClFN3O5S2/c1-16(2)11-22(30-25(33)36-14-17-5-3-4-6-18(17)15-36)24(32)28-13-20(31)9-10-29-37(34,35)23-8-7-19(27)12-21(23)26/h3-8,12,14,16,20,22,29,31H,9-11,13,15H2,1-2H3,(H,28,32)(H,30,33)/t20-,22-,36?/m0/s1. The van der Waals surface area contributed by atoms with E-state index in [9.17, 15) is 27.5 Å². The number of aliphatic hydroxyl groups excluding tert-OH is 1. The van der Waals surface area contributed by atoms with Gasteiger partial charge in [0.25, 0.3) is 5.24 Å². The summed E-state index contributed by atoms with van der Waals surface area (Å²) in [5.74, 6) is -0.327. The zero-order valence-corrected chi connectivity index (χ0v) is 22.9. The van der Waals surface area contributed by atoms with Crippen molar-refractivity contribution in [3.63, 3.8) is 0 Å². The van der Waals surface area contributed by atoms with Gasteiger partial charge in [-0.2, -0.15) is 0 Å². The highest BCUT2D eigenvalue weighted by Crippen LogP contribution is 2.30. The second-order valence-corrected chi connectivity index (χ2v) is 13.1. The second kappa shape index (κ2) is 13.0. The van der Waals surface area contributed by atoms with Gasteiger partial charge in [-0.05, 0) is 53.5 Å². The van der Waals surface area contributed by atoms with Gasteiger partial charge in [-0.3, -0.25) is 9.59 Å². The van der Waals surface area contributed by atoms with E-state index in [1.54, 1.807) is 0 Å². The highest BCUT2D eigenvalue weighted by molar-refractivity contribution is 8.27. The van der Waals surface area contributed by atoms with E-state index in [0.29, 0.717) is 12.2 Å². The molecule has 4 N–H and O–H groups in total. The van der Waals surface area contributed by atoms with Gasteiger partial charge in [0.05, 0.1) is 11.1 Å². The minimum absolute atomic E-state index is 0.0101. The molecule has 0 radical (unpaired) electrons. The molecule has 2 amide bonds. The Morgan fingerprint density at radius 1 is 1.19 bits per heavy atom. The fourth-order valence-electron chi connectivity index (χ4n) is 3.76. The summed E-state index contributed by atoms with van der Waals surface area (Å²) in [4.78, 5) is 25.5. The van der Waals surface area contributed by atoms with Crippen LogP contribution in [0.4, 0.5) is 9.18 Å². The smallest absolute Gasteiger partial charge is 0.274 e. The van der Waals surface area contributed by atoms with Crippen molar-refractivity contribution in [2.45, 2.75) is 49.5 Å². The van der Waals surface area contributed by atoms with Gasteiger partial charge in [0.1, 0.15) is 16.8 Å². The molecule has 3 atom stereocenters. The van der Waals surface area contributed by atoms with E-state index in [1.807, 2.05) is 43.5 Å². The lowest BCUT2D eigenvalue weighted by atomic mass is 10.0. The minimum Gasteiger partial charge on any atom is -0.391 e. The van der Waals surface area contributed by atoms with Crippen LogP contribution in [-0.2, 0) is 20.6 Å². The molecule has 1 aliphatic rings. The van der Waals surface area contributed by atoms with E-state index in [0.717, 1.165) is 29.3 Å². The van der Waals surface area contributed by atoms with Crippen LogP contribution in [0.5, 0.6) is 0 Å². The third kappa shape index (κ3) is 8.34. The van der Waals surface area contributed by atoms with Crippen molar-refractivity contribution in [3.8, 4) is 0 Å². The molecule has 1 aliphatic heterocycles. The number of nitrogens with one attached hydrogen (secondary N) is 3. The number of amides is 2. The molecule has 3 rings (SSSR count). The van der Waals surface area contributed by atoms with Crippen molar-refractivity contribution in [2.24, 2.45) is 5.92 Å². The number of carbonyl (C=O) groups excluding carboxylic acids is 2. The normalized spacial score (nSPS) is 16.5. The Morgan fingerprint density at radius 3 is 2.59 bits per heavy atom. The van der Waals surface area contributed by atoms with E-state index >= 15 is 0 Å². The summed E-state index contributed by atoms with van der Waals surface area (Å²) in [6.07, 6.45) is -0.600. The molecule has 0 aromatic heterocycles. The van der Waals surface area contributed by atoms with Gasteiger partial charge in [-0.25, -0.2) is 17.5 Å². The Hall–Kier alpha value is -2.31. The van der Waals surface area contributed by atoms with Crippen LogP contribution >= 0.6 is 22.1 Å². The van der Waals surface area contributed by atoms with E-state index in [-0.39, 0.29) is 40.6 Å². The van der Waals surface area contributed by atoms with Crippen LogP contribution < -0.4 is 15.4 Å². The molecule has 0 fully saturated rings. The Bertz CT molecular complexity index is 1290. The lowest BCUT2D eigenvalue weighted by Crippen LogP contribution is -2.48. The van der Waals surface area contributed by atoms with Crippen molar-refractivity contribution in [2.75, 3.05) is 13.1 Å². The molecule has 2 aromatic rings. The first-order valence-electron chi connectivity index (χ1n) is 11.8. The first-order valence-corrected chi connectivity index (χ1v) is 15.1. The van der Waals surface area contributed by atoms with Gasteiger partial charge in [0.2, 0.25) is 15.9 Å². The highest BCUT2D eigenvalue weighted by Gasteiger charge is 2.25. The Balaban J connectivity index is 1.49. The first kappa shape index (κ1) is 29.2. The number of hydrogen-bond acceptors (Lipinski definition) is 5. The number of sulfonamides is 1. The third-order valence-corrected chi connectivity index (χ3v) is 9.35. The molecule has 0 saturated carbocycles. The SMILES string of the molecule is CC(C)C[C@H](NC(=O)S1=Cc2ccccc2C1)C(=O)NC[C@@H](O)CCNS(=O)(=O)c1ccc(F)cc1Cl. The van der Waals surface area contributed by atoms with E-state index in [1.165, 1.54) is 0 Å². The third-order valence-electron chi connectivity index (χ3n) is 5.65. The molecule has 0 saturated heterocycles. The van der Waals surface area contributed by atoms with Crippen LogP contribution in [0.2, 0.25) is 5.02 Å². The molecule has 2 aromatic carbocycles. The molecule has 0 bridgehead atoms. The lowest BCUT2D eigenvalue weighted by Gasteiger charge is -2.21. The van der Waals surface area contributed by atoms with Crippen LogP contribution in [0.15, 0.2) is 47.4 Å². The maximum Gasteiger partial charge on any atom is 0.274 e. The Labute approximate surface area is 224 Å². The molecule has 1 unspecified atom stereocenters. The van der Waals surface area contributed by atoms with E-state index < -0.39 is 44.4 Å². The molecular weight excluding hydrogens is 541 g/mol. The topological polar surface area (TPSA) is 125 Å². The fraction of sp³-hybridized carbons (Fsp3) is 0.400. The largest absolute Gasteiger partial charge is 0.391 e. The zero-order valence-electron chi connectivity index (χ0n) is 20.5. The van der Waals surface area contributed by atoms with Crippen molar-refractivity contribution < 1.29 is 27.5 Å². The summed E-state index contributed by atoms with van der Waals surface area (Å²) in [6.45, 7) is 3.64. The van der Waals surface area contributed by atoms with Gasteiger partial charge in [0, 0.05) is 18.8 Å². The van der Waals surface area contributed by atoms with Gasteiger partial charge in [-0.1, -0.05) is 60.2 Å². The Kier molecular flexibility index (Phi) is 10.3. The van der Waals surface area contributed by atoms with Crippen molar-refractivity contribution >= 4 is 48.6 Å². The van der Waals surface area contributed by atoms with Crippen molar-refractivity contribution in [3.05, 3.63) is 64.4 Å². The summed E-state index contributed by atoms with van der Waals surface area (Å²) in [7, 11) is -4.66. The van der Waals surface area contributed by atoms with Gasteiger partial charge in [0.15, 0.2) is 0 Å². The summed E-state index contributed by atoms with van der Waals surface area (Å²) in [6, 6.07) is 9.98. The number of halogens is 2. The lowest BCUT2D eigenvalue weighted by molar-refractivity contribution is -0.123. The molecule has 12 heteroatoms. The predicted molar refractivity (Wildman–Crippen MR) is 145 cm³/mol. The van der Waals surface area contributed by atoms with E-state index in [2.05, 4.69) is 15.4 Å². The summed E-state index contributed by atoms with van der Waals surface area (Å²) in [5.41, 5.74) is 2.14. The average molecular weight is 572 g/mol. The summed E-state index contributed by atoms with van der Waals surface area (Å²) in [5, 5.41) is 17.2. The van der Waals surface area contributed by atoms with Crippen LogP contribution in [0.25, 0.3) is 0 Å². The van der Waals surface area contributed by atoms with Crippen LogP contribution in [-0.4, -0.2) is 55.3 Å². The van der Waals surface area contributed by atoms with Crippen LogP contribution in [0.3, 0.4) is 0 Å². The van der Waals surface area contributed by atoms with Crippen LogP contribution in [0, 0.1) is 11.7 Å². The minimum atomic E-state index is -4.00. The zero-order chi connectivity index (χ0) is 27.2. The number of hydrogen-bond donors (Lipinski definition) is 4. The van der Waals surface area contributed by atoms with Crippen LogP contribution in [0.1, 0.15) is 37.8 Å². The molecule has 202 valence electrons. The molecule has 8 nitrogen and oxygen atoms in total. The molecule has 0 spiro atoms. The fourth-order valence-corrected chi connectivity index (χ4v) is 7.08. The average Bonchev–Trinajstić information content (AvgIpc) is 3.26. The summed E-state index contributed by atoms with van der Waals surface area (Å²) < 4.78 is 40.2. The van der Waals surface area contributed by atoms with Crippen molar-refractivity contribution in [1.82, 2.24) is 15.4 Å². The number of fused-ring (bicyclic) bond motifs is 1.